The molecule has 0 saturated carbocycles. The van der Waals surface area contributed by atoms with Crippen molar-refractivity contribution >= 4 is 23.3 Å². The molecule has 21 heavy (non-hydrogen) atoms. The van der Waals surface area contributed by atoms with Crippen LogP contribution in [-0.2, 0) is 14.3 Å². The Morgan fingerprint density at radius 1 is 1.19 bits per heavy atom. The average molecular weight is 292 g/mol. The van der Waals surface area contributed by atoms with Crippen molar-refractivity contribution in [1.29, 1.82) is 0 Å². The number of anilines is 1. The quantitative estimate of drug-likeness (QED) is 0.761. The van der Waals surface area contributed by atoms with Crippen LogP contribution in [0, 0.1) is 0 Å². The third-order valence-electron chi connectivity index (χ3n) is 2.91. The normalized spacial score (nSPS) is 10.0. The average Bonchev–Trinajstić information content (AvgIpc) is 2.47. The lowest BCUT2D eigenvalue weighted by atomic mass is 10.2. The topological polar surface area (TPSA) is 89.7 Å². The van der Waals surface area contributed by atoms with Gasteiger partial charge in [-0.2, -0.15) is 0 Å². The molecule has 0 aliphatic heterocycles. The van der Waals surface area contributed by atoms with Crippen LogP contribution in [0.5, 0.6) is 0 Å². The first-order valence-corrected chi connectivity index (χ1v) is 6.76. The summed E-state index contributed by atoms with van der Waals surface area (Å²) >= 11 is 0. The molecule has 0 fully saturated rings. The molecule has 0 heterocycles. The third kappa shape index (κ3) is 5.00. The highest BCUT2D eigenvalue weighted by atomic mass is 16.5. The molecule has 1 amide bonds. The molecule has 0 saturated heterocycles. The zero-order valence-electron chi connectivity index (χ0n) is 12.3. The Hall–Kier alpha value is -2.21. The predicted octanol–water partition coefficient (Wildman–Crippen LogP) is 1.13. The molecular formula is C15H20N2O4. The van der Waals surface area contributed by atoms with Crippen LogP contribution in [0.4, 0.5) is 5.69 Å². The van der Waals surface area contributed by atoms with Gasteiger partial charge in [0.15, 0.2) is 0 Å². The number of benzene rings is 1. The molecule has 0 radical (unpaired) electrons. The van der Waals surface area contributed by atoms with E-state index in [2.05, 4.69) is 0 Å². The molecule has 2 N–H and O–H groups in total. The fourth-order valence-corrected chi connectivity index (χ4v) is 1.80. The Kier molecular flexibility index (Phi) is 6.55. The lowest BCUT2D eigenvalue weighted by Crippen LogP contribution is -2.31. The molecule has 1 aromatic carbocycles. The van der Waals surface area contributed by atoms with Gasteiger partial charge in [0.1, 0.15) is 5.78 Å². The number of amides is 1. The van der Waals surface area contributed by atoms with Gasteiger partial charge >= 0.3 is 5.97 Å². The van der Waals surface area contributed by atoms with E-state index in [1.54, 1.807) is 31.2 Å². The smallest absolute Gasteiger partial charge is 0.338 e. The van der Waals surface area contributed by atoms with Gasteiger partial charge in [-0.3, -0.25) is 9.59 Å². The number of nitrogens with zero attached hydrogens (tertiary/aromatic N) is 1. The highest BCUT2D eigenvalue weighted by Crippen LogP contribution is 2.16. The number of Topliss-reactive ketones (excluding diaryl/α,β-unsaturated/α-hetero) is 1. The van der Waals surface area contributed by atoms with Gasteiger partial charge < -0.3 is 15.4 Å². The van der Waals surface area contributed by atoms with Crippen LogP contribution >= 0.6 is 0 Å². The van der Waals surface area contributed by atoms with Gasteiger partial charge in [-0.25, -0.2) is 4.79 Å². The molecule has 6 heteroatoms. The zero-order valence-corrected chi connectivity index (χ0v) is 12.3. The molecule has 0 aliphatic carbocycles. The van der Waals surface area contributed by atoms with Crippen LogP contribution in [0.3, 0.4) is 0 Å². The molecule has 0 atom stereocenters. The Balaban J connectivity index is 2.82. The maximum Gasteiger partial charge on any atom is 0.338 e. The van der Waals surface area contributed by atoms with Crippen molar-refractivity contribution in [2.24, 2.45) is 5.73 Å². The van der Waals surface area contributed by atoms with Crippen molar-refractivity contribution in [3.05, 3.63) is 29.8 Å². The van der Waals surface area contributed by atoms with Crippen LogP contribution in [0.15, 0.2) is 24.3 Å². The van der Waals surface area contributed by atoms with Crippen molar-refractivity contribution in [2.45, 2.75) is 20.3 Å². The van der Waals surface area contributed by atoms with E-state index in [-0.39, 0.29) is 31.2 Å². The second-order valence-electron chi connectivity index (χ2n) is 4.43. The van der Waals surface area contributed by atoms with E-state index in [4.69, 9.17) is 10.5 Å². The van der Waals surface area contributed by atoms with Crippen LogP contribution in [0.25, 0.3) is 0 Å². The molecule has 0 bridgehead atoms. The van der Waals surface area contributed by atoms with Gasteiger partial charge in [0.2, 0.25) is 5.91 Å². The Labute approximate surface area is 123 Å². The van der Waals surface area contributed by atoms with Crippen molar-refractivity contribution in [3.63, 3.8) is 0 Å². The van der Waals surface area contributed by atoms with Crippen molar-refractivity contribution in [3.8, 4) is 0 Å². The molecule has 0 spiro atoms. The lowest BCUT2D eigenvalue weighted by molar-refractivity contribution is -0.118. The van der Waals surface area contributed by atoms with E-state index < -0.39 is 5.97 Å². The summed E-state index contributed by atoms with van der Waals surface area (Å²) in [6.45, 7) is 3.70. The standard InChI is InChI=1S/C15H20N2O4/c1-3-21-15(20)12-4-6-13(7-5-12)17(11(2)18)9-8-14(19)10-16/h4-7H,3,8-10,16H2,1-2H3. The van der Waals surface area contributed by atoms with Gasteiger partial charge in [0, 0.05) is 25.6 Å². The maximum atomic E-state index is 11.7. The fourth-order valence-electron chi connectivity index (χ4n) is 1.80. The predicted molar refractivity (Wildman–Crippen MR) is 79.1 cm³/mol. The molecule has 1 rings (SSSR count). The number of ketones is 1. The number of hydrogen-bond donors (Lipinski definition) is 1. The number of hydrogen-bond acceptors (Lipinski definition) is 5. The number of ether oxygens (including phenoxy) is 1. The largest absolute Gasteiger partial charge is 0.462 e. The van der Waals surface area contributed by atoms with Crippen LogP contribution < -0.4 is 10.6 Å². The first-order chi connectivity index (χ1) is 9.99. The summed E-state index contributed by atoms with van der Waals surface area (Å²) in [5.74, 6) is -0.690. The van der Waals surface area contributed by atoms with E-state index >= 15 is 0 Å². The Bertz CT molecular complexity index is 511. The van der Waals surface area contributed by atoms with Crippen LogP contribution in [0.1, 0.15) is 30.6 Å². The second kappa shape index (κ2) is 8.16. The molecule has 114 valence electrons. The Morgan fingerprint density at radius 3 is 2.29 bits per heavy atom. The first-order valence-electron chi connectivity index (χ1n) is 6.76. The highest BCUT2D eigenvalue weighted by Gasteiger charge is 2.14. The van der Waals surface area contributed by atoms with E-state index in [1.807, 2.05) is 0 Å². The van der Waals surface area contributed by atoms with Gasteiger partial charge in [-0.05, 0) is 31.2 Å². The minimum Gasteiger partial charge on any atom is -0.462 e. The summed E-state index contributed by atoms with van der Waals surface area (Å²) in [6.07, 6.45) is 0.204. The summed E-state index contributed by atoms with van der Waals surface area (Å²) in [5, 5.41) is 0. The summed E-state index contributed by atoms with van der Waals surface area (Å²) in [5.41, 5.74) is 6.29. The second-order valence-corrected chi connectivity index (χ2v) is 4.43. The minimum absolute atomic E-state index is 0.0342. The molecule has 0 aromatic heterocycles. The van der Waals surface area contributed by atoms with E-state index in [9.17, 15) is 14.4 Å². The summed E-state index contributed by atoms with van der Waals surface area (Å²) in [7, 11) is 0. The Morgan fingerprint density at radius 2 is 1.81 bits per heavy atom. The van der Waals surface area contributed by atoms with Crippen molar-refractivity contribution in [1.82, 2.24) is 0 Å². The monoisotopic (exact) mass is 292 g/mol. The summed E-state index contributed by atoms with van der Waals surface area (Å²) in [6, 6.07) is 6.49. The molecular weight excluding hydrogens is 272 g/mol. The fraction of sp³-hybridized carbons (Fsp3) is 0.400. The zero-order chi connectivity index (χ0) is 15.8. The number of rotatable bonds is 7. The van der Waals surface area contributed by atoms with Gasteiger partial charge in [-0.15, -0.1) is 0 Å². The van der Waals surface area contributed by atoms with Crippen molar-refractivity contribution < 1.29 is 19.1 Å². The van der Waals surface area contributed by atoms with Gasteiger partial charge in [0.05, 0.1) is 18.7 Å². The molecule has 0 aliphatic rings. The van der Waals surface area contributed by atoms with E-state index in [0.29, 0.717) is 17.9 Å². The van der Waals surface area contributed by atoms with Crippen molar-refractivity contribution in [2.75, 3.05) is 24.6 Å². The SMILES string of the molecule is CCOC(=O)c1ccc(N(CCC(=O)CN)C(C)=O)cc1. The van der Waals surface area contributed by atoms with Crippen LogP contribution in [-0.4, -0.2) is 37.4 Å². The minimum atomic E-state index is -0.406. The van der Waals surface area contributed by atoms with Gasteiger partial charge in [0.25, 0.3) is 0 Å². The van der Waals surface area contributed by atoms with E-state index in [0.717, 1.165) is 0 Å². The van der Waals surface area contributed by atoms with Gasteiger partial charge in [-0.1, -0.05) is 0 Å². The lowest BCUT2D eigenvalue weighted by Gasteiger charge is -2.21. The molecule has 1 aromatic rings. The molecule has 0 unspecified atom stereocenters. The highest BCUT2D eigenvalue weighted by molar-refractivity contribution is 5.94. The number of nitrogens with two attached hydrogens (primary N) is 1. The van der Waals surface area contributed by atoms with Crippen LogP contribution in [0.2, 0.25) is 0 Å². The summed E-state index contributed by atoms with van der Waals surface area (Å²) < 4.78 is 4.89. The maximum absolute atomic E-state index is 11.7. The number of esters is 1. The van der Waals surface area contributed by atoms with E-state index in [1.165, 1.54) is 11.8 Å². The third-order valence-corrected chi connectivity index (χ3v) is 2.91. The molecule has 6 nitrogen and oxygen atoms in total. The first kappa shape index (κ1) is 16.8. The number of carbonyl (C=O) groups is 3. The number of carbonyl (C=O) groups excluding carboxylic acids is 3. The summed E-state index contributed by atoms with van der Waals surface area (Å²) in [4.78, 5) is 35.9.